The molecule has 0 fully saturated rings. The van der Waals surface area contributed by atoms with Gasteiger partial charge < -0.3 is 14.8 Å². The molecule has 3 aromatic rings. The highest BCUT2D eigenvalue weighted by Crippen LogP contribution is 2.27. The van der Waals surface area contributed by atoms with Crippen molar-refractivity contribution in [1.82, 2.24) is 0 Å². The number of anilines is 1. The van der Waals surface area contributed by atoms with Crippen molar-refractivity contribution >= 4 is 34.9 Å². The Kier molecular flexibility index (Phi) is 6.84. The second-order valence-corrected chi connectivity index (χ2v) is 6.75. The van der Waals surface area contributed by atoms with Crippen LogP contribution in [0.3, 0.4) is 0 Å². The third-order valence-corrected chi connectivity index (χ3v) is 4.61. The fourth-order valence-electron chi connectivity index (χ4n) is 2.76. The van der Waals surface area contributed by atoms with Gasteiger partial charge in [-0.15, -0.1) is 0 Å². The Labute approximate surface area is 182 Å². The molecular formula is C22H17ClN2O6. The number of hydrogen-bond donors (Lipinski definition) is 1. The van der Waals surface area contributed by atoms with Gasteiger partial charge in [0, 0.05) is 29.4 Å². The highest BCUT2D eigenvalue weighted by Gasteiger charge is 2.27. The highest BCUT2D eigenvalue weighted by molar-refractivity contribution is 6.33. The van der Waals surface area contributed by atoms with Crippen LogP contribution in [0, 0.1) is 10.1 Å². The second-order valence-electron chi connectivity index (χ2n) is 6.34. The van der Waals surface area contributed by atoms with Crippen LogP contribution in [-0.4, -0.2) is 23.9 Å². The zero-order valence-electron chi connectivity index (χ0n) is 16.3. The molecule has 0 aromatic heterocycles. The van der Waals surface area contributed by atoms with Crippen molar-refractivity contribution in [2.75, 3.05) is 12.4 Å². The largest absolute Gasteiger partial charge is 0.497 e. The number of carbonyl (C=O) groups is 2. The topological polar surface area (TPSA) is 108 Å². The van der Waals surface area contributed by atoms with Gasteiger partial charge in [0.15, 0.2) is 0 Å². The second kappa shape index (κ2) is 9.73. The van der Waals surface area contributed by atoms with Gasteiger partial charge in [0.1, 0.15) is 5.75 Å². The van der Waals surface area contributed by atoms with Crippen LogP contribution in [0.15, 0.2) is 72.8 Å². The van der Waals surface area contributed by atoms with Crippen LogP contribution in [0.4, 0.5) is 11.4 Å². The highest BCUT2D eigenvalue weighted by atomic mass is 35.5. The molecule has 1 N–H and O–H groups in total. The minimum absolute atomic E-state index is 0.0318. The lowest BCUT2D eigenvalue weighted by Gasteiger charge is -2.18. The first-order valence-corrected chi connectivity index (χ1v) is 9.41. The van der Waals surface area contributed by atoms with Gasteiger partial charge in [0.05, 0.1) is 22.6 Å². The predicted molar refractivity (Wildman–Crippen MR) is 114 cm³/mol. The molecular weight excluding hydrogens is 424 g/mol. The summed E-state index contributed by atoms with van der Waals surface area (Å²) in [6.45, 7) is 0. The number of methoxy groups -OCH3 is 1. The van der Waals surface area contributed by atoms with E-state index in [-0.39, 0.29) is 16.3 Å². The molecule has 3 rings (SSSR count). The molecule has 3 aromatic carbocycles. The molecule has 158 valence electrons. The Morgan fingerprint density at radius 1 is 1.03 bits per heavy atom. The number of carbonyl (C=O) groups excluding carboxylic acids is 2. The fourth-order valence-corrected chi connectivity index (χ4v) is 2.96. The van der Waals surface area contributed by atoms with E-state index in [1.165, 1.54) is 19.2 Å². The van der Waals surface area contributed by atoms with Crippen molar-refractivity contribution in [3.05, 3.63) is 99.1 Å². The molecule has 31 heavy (non-hydrogen) atoms. The molecule has 0 aliphatic carbocycles. The van der Waals surface area contributed by atoms with Crippen molar-refractivity contribution in [1.29, 1.82) is 0 Å². The Morgan fingerprint density at radius 3 is 2.45 bits per heavy atom. The number of nitrogens with zero attached hydrogens (tertiary/aromatic N) is 1. The standard InChI is InChI=1S/C22H17ClN2O6/c1-30-17-9-5-8-15(12-17)24-21(26)20(14-6-3-2-4-7-14)31-22(27)18-13-16(25(28)29)10-11-19(18)23/h2-13,20H,1H3,(H,24,26). The van der Waals surface area contributed by atoms with Crippen LogP contribution in [0.25, 0.3) is 0 Å². The zero-order chi connectivity index (χ0) is 22.4. The first-order valence-electron chi connectivity index (χ1n) is 9.04. The number of ether oxygens (including phenoxy) is 2. The Bertz CT molecular complexity index is 1120. The molecule has 0 aliphatic heterocycles. The van der Waals surface area contributed by atoms with Crippen LogP contribution < -0.4 is 10.1 Å². The smallest absolute Gasteiger partial charge is 0.341 e. The summed E-state index contributed by atoms with van der Waals surface area (Å²) in [6.07, 6.45) is -1.32. The summed E-state index contributed by atoms with van der Waals surface area (Å²) < 4.78 is 10.6. The fraction of sp³-hybridized carbons (Fsp3) is 0.0909. The molecule has 0 saturated heterocycles. The van der Waals surface area contributed by atoms with Crippen LogP contribution in [0.1, 0.15) is 22.0 Å². The Balaban J connectivity index is 1.89. The van der Waals surface area contributed by atoms with Gasteiger partial charge >= 0.3 is 5.97 Å². The van der Waals surface area contributed by atoms with Crippen LogP contribution in [0.5, 0.6) is 5.75 Å². The van der Waals surface area contributed by atoms with E-state index in [1.807, 2.05) is 0 Å². The molecule has 0 heterocycles. The number of rotatable bonds is 7. The molecule has 8 nitrogen and oxygen atoms in total. The first-order chi connectivity index (χ1) is 14.9. The average Bonchev–Trinajstić information content (AvgIpc) is 2.78. The van der Waals surface area contributed by atoms with Gasteiger partial charge in [0.25, 0.3) is 11.6 Å². The summed E-state index contributed by atoms with van der Waals surface area (Å²) in [7, 11) is 1.50. The number of nitro benzene ring substituents is 1. The third kappa shape index (κ3) is 5.37. The van der Waals surface area contributed by atoms with E-state index in [0.29, 0.717) is 17.0 Å². The van der Waals surface area contributed by atoms with E-state index in [1.54, 1.807) is 54.6 Å². The van der Waals surface area contributed by atoms with Crippen molar-refractivity contribution < 1.29 is 24.0 Å². The van der Waals surface area contributed by atoms with Gasteiger partial charge in [-0.05, 0) is 18.2 Å². The summed E-state index contributed by atoms with van der Waals surface area (Å²) in [5.41, 5.74) is 0.312. The van der Waals surface area contributed by atoms with Crippen LogP contribution >= 0.6 is 11.6 Å². The normalized spacial score (nSPS) is 11.3. The quantitative estimate of drug-likeness (QED) is 0.321. The summed E-state index contributed by atoms with van der Waals surface area (Å²) in [6, 6.07) is 18.5. The van der Waals surface area contributed by atoms with E-state index >= 15 is 0 Å². The van der Waals surface area contributed by atoms with E-state index in [4.69, 9.17) is 21.1 Å². The van der Waals surface area contributed by atoms with Crippen molar-refractivity contribution in [2.24, 2.45) is 0 Å². The van der Waals surface area contributed by atoms with Gasteiger partial charge in [-0.25, -0.2) is 4.79 Å². The van der Waals surface area contributed by atoms with Gasteiger partial charge in [-0.1, -0.05) is 48.0 Å². The Hall–Kier alpha value is -3.91. The predicted octanol–water partition coefficient (Wildman–Crippen LogP) is 4.79. The lowest BCUT2D eigenvalue weighted by Crippen LogP contribution is -2.26. The number of esters is 1. The number of nitrogens with one attached hydrogen (secondary N) is 1. The molecule has 0 spiro atoms. The number of non-ortho nitro benzene ring substituents is 1. The van der Waals surface area contributed by atoms with E-state index in [0.717, 1.165) is 6.07 Å². The summed E-state index contributed by atoms with van der Waals surface area (Å²) in [5, 5.41) is 13.7. The average molecular weight is 441 g/mol. The maximum absolute atomic E-state index is 13.0. The number of nitro groups is 1. The lowest BCUT2D eigenvalue weighted by atomic mass is 10.1. The van der Waals surface area contributed by atoms with E-state index < -0.39 is 22.9 Å². The summed E-state index contributed by atoms with van der Waals surface area (Å²) >= 11 is 6.03. The monoisotopic (exact) mass is 440 g/mol. The first kappa shape index (κ1) is 21.8. The molecule has 1 amide bonds. The minimum Gasteiger partial charge on any atom is -0.497 e. The zero-order valence-corrected chi connectivity index (χ0v) is 17.0. The van der Waals surface area contributed by atoms with Crippen molar-refractivity contribution in [2.45, 2.75) is 6.10 Å². The summed E-state index contributed by atoms with van der Waals surface area (Å²) in [5.74, 6) is -1.05. The molecule has 1 atom stereocenters. The number of amides is 1. The van der Waals surface area contributed by atoms with Crippen molar-refractivity contribution in [3.63, 3.8) is 0 Å². The van der Waals surface area contributed by atoms with Crippen LogP contribution in [-0.2, 0) is 9.53 Å². The molecule has 0 saturated carbocycles. The van der Waals surface area contributed by atoms with Crippen LogP contribution in [0.2, 0.25) is 5.02 Å². The number of halogens is 1. The molecule has 0 radical (unpaired) electrons. The van der Waals surface area contributed by atoms with Gasteiger partial charge in [0.2, 0.25) is 6.10 Å². The van der Waals surface area contributed by atoms with Gasteiger partial charge in [-0.2, -0.15) is 0 Å². The van der Waals surface area contributed by atoms with E-state index in [2.05, 4.69) is 5.32 Å². The van der Waals surface area contributed by atoms with Crippen molar-refractivity contribution in [3.8, 4) is 5.75 Å². The third-order valence-electron chi connectivity index (χ3n) is 4.28. The SMILES string of the molecule is COc1cccc(NC(=O)C(OC(=O)c2cc([N+](=O)[O-])ccc2Cl)c2ccccc2)c1. The maximum Gasteiger partial charge on any atom is 0.341 e. The molecule has 1 unspecified atom stereocenters. The minimum atomic E-state index is -1.32. The number of hydrogen-bond acceptors (Lipinski definition) is 6. The van der Waals surface area contributed by atoms with E-state index in [9.17, 15) is 19.7 Å². The molecule has 0 bridgehead atoms. The van der Waals surface area contributed by atoms with Gasteiger partial charge in [-0.3, -0.25) is 14.9 Å². The Morgan fingerprint density at radius 2 is 1.77 bits per heavy atom. The molecule has 0 aliphatic rings. The maximum atomic E-state index is 13.0. The summed E-state index contributed by atoms with van der Waals surface area (Å²) in [4.78, 5) is 36.1. The number of benzene rings is 3. The molecule has 9 heteroatoms. The lowest BCUT2D eigenvalue weighted by molar-refractivity contribution is -0.384.